The summed E-state index contributed by atoms with van der Waals surface area (Å²) in [5, 5.41) is 6.90. The number of likely N-dealkylation sites (tertiary alicyclic amines) is 1. The second-order valence-corrected chi connectivity index (χ2v) is 8.16. The normalized spacial score (nSPS) is 20.9. The van der Waals surface area contributed by atoms with Crippen LogP contribution in [0, 0.1) is 0 Å². The summed E-state index contributed by atoms with van der Waals surface area (Å²) in [7, 11) is 0. The molecule has 8 nitrogen and oxygen atoms in total. The van der Waals surface area contributed by atoms with Gasteiger partial charge >= 0.3 is 0 Å². The number of nitrogens with one attached hydrogen (secondary N) is 2. The maximum absolute atomic E-state index is 4.82. The molecule has 176 valence electrons. The van der Waals surface area contributed by atoms with Gasteiger partial charge in [0, 0.05) is 70.8 Å². The van der Waals surface area contributed by atoms with Gasteiger partial charge in [-0.2, -0.15) is 0 Å². The van der Waals surface area contributed by atoms with Crippen LogP contribution in [0.25, 0.3) is 0 Å². The van der Waals surface area contributed by atoms with Crippen LogP contribution in [-0.2, 0) is 0 Å². The first-order valence-electron chi connectivity index (χ1n) is 11.8. The van der Waals surface area contributed by atoms with Gasteiger partial charge in [0.1, 0.15) is 0 Å². The lowest BCUT2D eigenvalue weighted by Gasteiger charge is -2.35. The average Bonchev–Trinajstić information content (AvgIpc) is 2.80. The van der Waals surface area contributed by atoms with Gasteiger partial charge in [-0.3, -0.25) is 14.8 Å². The van der Waals surface area contributed by atoms with Crippen molar-refractivity contribution in [1.82, 2.24) is 30.4 Å². The minimum Gasteiger partial charge on any atom is -0.357 e. The smallest absolute Gasteiger partial charge is 0.225 e. The second kappa shape index (κ2) is 14.8. The van der Waals surface area contributed by atoms with Gasteiger partial charge in [0.25, 0.3) is 0 Å². The predicted molar refractivity (Wildman–Crippen MR) is 140 cm³/mol. The number of hydrogen-bond donors (Lipinski definition) is 2. The van der Waals surface area contributed by atoms with Gasteiger partial charge in [-0.1, -0.05) is 13.3 Å². The Labute approximate surface area is 205 Å². The molecule has 0 aliphatic carbocycles. The number of aromatic nitrogens is 2. The molecule has 0 radical (unpaired) electrons. The summed E-state index contributed by atoms with van der Waals surface area (Å²) < 4.78 is 0. The number of halogens is 1. The van der Waals surface area contributed by atoms with E-state index in [9.17, 15) is 0 Å². The molecule has 9 heteroatoms. The van der Waals surface area contributed by atoms with E-state index in [4.69, 9.17) is 4.99 Å². The van der Waals surface area contributed by atoms with Crippen LogP contribution in [0.3, 0.4) is 0 Å². The molecular weight excluding hydrogens is 503 g/mol. The van der Waals surface area contributed by atoms with Crippen LogP contribution in [0.5, 0.6) is 0 Å². The molecule has 1 aromatic heterocycles. The van der Waals surface area contributed by atoms with Crippen molar-refractivity contribution in [2.45, 2.75) is 45.6 Å². The Hall–Kier alpha value is -1.20. The van der Waals surface area contributed by atoms with Gasteiger partial charge in [-0.15, -0.1) is 24.0 Å². The van der Waals surface area contributed by atoms with E-state index in [0.29, 0.717) is 0 Å². The molecule has 0 amide bonds. The Morgan fingerprint density at radius 2 is 1.81 bits per heavy atom. The molecule has 2 N–H and O–H groups in total. The zero-order chi connectivity index (χ0) is 21.0. The van der Waals surface area contributed by atoms with Crippen LogP contribution in [0.15, 0.2) is 23.5 Å². The first kappa shape index (κ1) is 26.1. The number of hydrogen-bond acceptors (Lipinski definition) is 6. The van der Waals surface area contributed by atoms with E-state index in [-0.39, 0.29) is 24.0 Å². The van der Waals surface area contributed by atoms with E-state index >= 15 is 0 Å². The van der Waals surface area contributed by atoms with Crippen LogP contribution < -0.4 is 15.5 Å². The number of anilines is 1. The third-order valence-electron chi connectivity index (χ3n) is 6.15. The quantitative estimate of drug-likeness (QED) is 0.280. The van der Waals surface area contributed by atoms with Gasteiger partial charge in [-0.05, 0) is 38.8 Å². The highest BCUT2D eigenvalue weighted by atomic mass is 127. The average molecular weight is 545 g/mol. The van der Waals surface area contributed by atoms with Crippen molar-refractivity contribution >= 4 is 35.9 Å². The Morgan fingerprint density at radius 3 is 2.52 bits per heavy atom. The zero-order valence-corrected chi connectivity index (χ0v) is 21.6. The van der Waals surface area contributed by atoms with Crippen molar-refractivity contribution in [3.8, 4) is 0 Å². The van der Waals surface area contributed by atoms with E-state index in [0.717, 1.165) is 76.9 Å². The number of piperazine rings is 1. The molecule has 2 aliphatic rings. The number of aliphatic imine (C=N–C) groups is 1. The molecule has 3 rings (SSSR count). The lowest BCUT2D eigenvalue weighted by Crippen LogP contribution is -2.49. The Balaban J connectivity index is 0.00000341. The van der Waals surface area contributed by atoms with Gasteiger partial charge in [-0.25, -0.2) is 9.97 Å². The molecular formula is C22H41IN8. The Bertz CT molecular complexity index is 621. The molecule has 2 fully saturated rings. The van der Waals surface area contributed by atoms with Crippen molar-refractivity contribution in [2.75, 3.05) is 70.3 Å². The first-order chi connectivity index (χ1) is 14.8. The zero-order valence-electron chi connectivity index (χ0n) is 19.3. The topological polar surface area (TPSA) is 71.9 Å². The Kier molecular flexibility index (Phi) is 12.4. The summed E-state index contributed by atoms with van der Waals surface area (Å²) in [6, 6.07) is 2.62. The first-order valence-corrected chi connectivity index (χ1v) is 11.8. The van der Waals surface area contributed by atoms with E-state index in [2.05, 4.69) is 49.1 Å². The number of nitrogens with zero attached hydrogens (tertiary/aromatic N) is 6. The SMILES string of the molecule is CCNC(=NCCN1CCCCC1CC)NCCN1CCN(c2ncccn2)CC1.I. The molecule has 0 aromatic carbocycles. The van der Waals surface area contributed by atoms with E-state index in [1.807, 2.05) is 18.5 Å². The summed E-state index contributed by atoms with van der Waals surface area (Å²) in [6.07, 6.45) is 8.95. The predicted octanol–water partition coefficient (Wildman–Crippen LogP) is 2.04. The lowest BCUT2D eigenvalue weighted by atomic mass is 10.0. The minimum atomic E-state index is 0. The van der Waals surface area contributed by atoms with E-state index < -0.39 is 0 Å². The lowest BCUT2D eigenvalue weighted by molar-refractivity contribution is 0.148. The highest BCUT2D eigenvalue weighted by Gasteiger charge is 2.20. The molecule has 2 aliphatic heterocycles. The number of piperidine rings is 1. The Morgan fingerprint density at radius 1 is 1.03 bits per heavy atom. The van der Waals surface area contributed by atoms with Gasteiger partial charge < -0.3 is 15.5 Å². The third kappa shape index (κ3) is 8.69. The summed E-state index contributed by atoms with van der Waals surface area (Å²) >= 11 is 0. The van der Waals surface area contributed by atoms with Gasteiger partial charge in [0.15, 0.2) is 5.96 Å². The summed E-state index contributed by atoms with van der Waals surface area (Å²) in [6.45, 7) is 14.5. The van der Waals surface area contributed by atoms with Crippen LogP contribution in [0.1, 0.15) is 39.5 Å². The second-order valence-electron chi connectivity index (χ2n) is 8.16. The van der Waals surface area contributed by atoms with E-state index in [1.165, 1.54) is 32.2 Å². The maximum atomic E-state index is 4.82. The van der Waals surface area contributed by atoms with Crippen LogP contribution >= 0.6 is 24.0 Å². The van der Waals surface area contributed by atoms with Crippen LogP contribution in [0.2, 0.25) is 0 Å². The van der Waals surface area contributed by atoms with E-state index in [1.54, 1.807) is 0 Å². The molecule has 0 saturated carbocycles. The van der Waals surface area contributed by atoms with Crippen molar-refractivity contribution in [3.63, 3.8) is 0 Å². The molecule has 31 heavy (non-hydrogen) atoms. The molecule has 1 unspecified atom stereocenters. The molecule has 2 saturated heterocycles. The highest BCUT2D eigenvalue weighted by Crippen LogP contribution is 2.18. The molecule has 3 heterocycles. The maximum Gasteiger partial charge on any atom is 0.225 e. The standard InChI is InChI=1S/C22H40N8.HI/c1-3-20-8-5-6-13-29(20)15-12-25-21(23-4-2)24-11-14-28-16-18-30(19-17-28)22-26-9-7-10-27-22;/h7,9-10,20H,3-6,8,11-19H2,1-2H3,(H2,23,24,25);1H. The van der Waals surface area contributed by atoms with Crippen LogP contribution in [0.4, 0.5) is 5.95 Å². The fraction of sp³-hybridized carbons (Fsp3) is 0.773. The molecule has 1 aromatic rings. The number of rotatable bonds is 9. The largest absolute Gasteiger partial charge is 0.357 e. The molecule has 0 bridgehead atoms. The monoisotopic (exact) mass is 544 g/mol. The molecule has 1 atom stereocenters. The van der Waals surface area contributed by atoms with Crippen LogP contribution in [-0.4, -0.2) is 97.2 Å². The fourth-order valence-corrected chi connectivity index (χ4v) is 4.41. The summed E-state index contributed by atoms with van der Waals surface area (Å²) in [4.78, 5) is 20.9. The minimum absolute atomic E-state index is 0. The van der Waals surface area contributed by atoms with Crippen molar-refractivity contribution < 1.29 is 0 Å². The van der Waals surface area contributed by atoms with Crippen molar-refractivity contribution in [3.05, 3.63) is 18.5 Å². The van der Waals surface area contributed by atoms with Gasteiger partial charge in [0.2, 0.25) is 5.95 Å². The summed E-state index contributed by atoms with van der Waals surface area (Å²) in [5.41, 5.74) is 0. The molecule has 0 spiro atoms. The van der Waals surface area contributed by atoms with Gasteiger partial charge in [0.05, 0.1) is 6.54 Å². The highest BCUT2D eigenvalue weighted by molar-refractivity contribution is 14.0. The fourth-order valence-electron chi connectivity index (χ4n) is 4.41. The summed E-state index contributed by atoms with van der Waals surface area (Å²) in [5.74, 6) is 1.79. The number of guanidine groups is 1. The third-order valence-corrected chi connectivity index (χ3v) is 6.15. The van der Waals surface area contributed by atoms with Crippen molar-refractivity contribution in [2.24, 2.45) is 4.99 Å². The van der Waals surface area contributed by atoms with Crippen molar-refractivity contribution in [1.29, 1.82) is 0 Å².